The maximum Gasteiger partial charge on any atom is 0.264 e. The fourth-order valence-electron chi connectivity index (χ4n) is 3.33. The molecule has 0 saturated carbocycles. The Balaban J connectivity index is 2.44. The molecule has 31 heavy (non-hydrogen) atoms. The normalized spacial score (nSPS) is 12.5. The van der Waals surface area contributed by atoms with E-state index in [1.807, 2.05) is 91.0 Å². The molecular weight excluding hydrogens is 493 g/mol. The largest absolute Gasteiger partial charge is 0.331 e. The summed E-state index contributed by atoms with van der Waals surface area (Å²) >= 11 is 23.6. The quantitative estimate of drug-likeness (QED) is 0.307. The molecule has 3 rings (SSSR count). The lowest BCUT2D eigenvalue weighted by atomic mass is 10.3. The molecule has 0 spiro atoms. The number of alkyl halides is 4. The van der Waals surface area contributed by atoms with Gasteiger partial charge >= 0.3 is 0 Å². The average Bonchev–Trinajstić information content (AvgIpc) is 2.78. The number of benzene rings is 3. The van der Waals surface area contributed by atoms with Crippen LogP contribution in [0.1, 0.15) is 0 Å². The minimum atomic E-state index is -2.87. The zero-order valence-corrected chi connectivity index (χ0v) is 20.0. The van der Waals surface area contributed by atoms with Crippen LogP contribution in [0.25, 0.3) is 0 Å². The standard InChI is InChI=1S/C23H17Cl4N2OP/c24-22(23(25,26)27)29-21(30)20(16-28)31(17-10-4-1-5-11-17,18-12-6-2-7-13-18)19-14-8-3-9-15-19/h1-15,22H,(H,29,30). The maximum absolute atomic E-state index is 13.4. The first-order chi connectivity index (χ1) is 14.8. The summed E-state index contributed by atoms with van der Waals surface area (Å²) in [6.07, 6.45) is 0. The molecule has 0 saturated heterocycles. The topological polar surface area (TPSA) is 52.9 Å². The monoisotopic (exact) mass is 508 g/mol. The second kappa shape index (κ2) is 10.1. The van der Waals surface area contributed by atoms with Crippen molar-refractivity contribution < 1.29 is 4.79 Å². The van der Waals surface area contributed by atoms with Crippen LogP contribution < -0.4 is 21.2 Å². The molecule has 0 bridgehead atoms. The average molecular weight is 510 g/mol. The number of nitrogens with zero attached hydrogens (tertiary/aromatic N) is 1. The lowest BCUT2D eigenvalue weighted by Gasteiger charge is -2.30. The summed E-state index contributed by atoms with van der Waals surface area (Å²) in [5.74, 6) is -0.682. The van der Waals surface area contributed by atoms with Gasteiger partial charge in [-0.2, -0.15) is 5.26 Å². The highest BCUT2D eigenvalue weighted by Gasteiger charge is 2.37. The van der Waals surface area contributed by atoms with Crippen molar-refractivity contribution in [3.05, 3.63) is 91.0 Å². The number of nitriles is 1. The number of halogens is 4. The van der Waals surface area contributed by atoms with E-state index in [2.05, 4.69) is 11.4 Å². The summed E-state index contributed by atoms with van der Waals surface area (Å²) < 4.78 is -1.94. The van der Waals surface area contributed by atoms with Crippen molar-refractivity contribution in [1.29, 1.82) is 5.26 Å². The van der Waals surface area contributed by atoms with E-state index in [-0.39, 0.29) is 5.29 Å². The molecule has 1 amide bonds. The van der Waals surface area contributed by atoms with E-state index in [4.69, 9.17) is 46.4 Å². The number of carbonyl (C=O) groups is 1. The molecule has 0 aliphatic rings. The van der Waals surface area contributed by atoms with Crippen molar-refractivity contribution in [2.24, 2.45) is 0 Å². The molecule has 3 aromatic carbocycles. The van der Waals surface area contributed by atoms with E-state index in [0.29, 0.717) is 0 Å². The minimum Gasteiger partial charge on any atom is -0.331 e. The Hall–Kier alpha value is -1.92. The third-order valence-electron chi connectivity index (χ3n) is 4.63. The van der Waals surface area contributed by atoms with E-state index >= 15 is 0 Å². The van der Waals surface area contributed by atoms with Gasteiger partial charge in [-0.25, -0.2) is 0 Å². The number of nitrogens with one attached hydrogen (secondary N) is 1. The molecule has 0 aliphatic heterocycles. The zero-order valence-electron chi connectivity index (χ0n) is 16.1. The van der Waals surface area contributed by atoms with Crippen LogP contribution >= 0.6 is 53.3 Å². The number of rotatable bonds is 5. The Labute approximate surface area is 201 Å². The zero-order chi connectivity index (χ0) is 22.5. The first kappa shape index (κ1) is 23.7. The molecule has 3 nitrogen and oxygen atoms in total. The molecule has 0 heterocycles. The number of hydrogen-bond acceptors (Lipinski definition) is 2. The van der Waals surface area contributed by atoms with Crippen LogP contribution in [0.2, 0.25) is 0 Å². The van der Waals surface area contributed by atoms with Crippen LogP contribution in [0.4, 0.5) is 0 Å². The fourth-order valence-corrected chi connectivity index (χ4v) is 7.64. The Morgan fingerprint density at radius 3 is 1.45 bits per heavy atom. The number of carbonyl (C=O) groups excluding carboxylic acids is 1. The van der Waals surface area contributed by atoms with E-state index in [1.54, 1.807) is 0 Å². The summed E-state index contributed by atoms with van der Waals surface area (Å²) in [6, 6.07) is 30.7. The summed E-state index contributed by atoms with van der Waals surface area (Å²) in [5.41, 5.74) is -1.32. The van der Waals surface area contributed by atoms with Crippen LogP contribution in [-0.2, 0) is 4.79 Å². The van der Waals surface area contributed by atoms with Crippen molar-refractivity contribution in [3.63, 3.8) is 0 Å². The van der Waals surface area contributed by atoms with Crippen LogP contribution in [-0.4, -0.2) is 20.5 Å². The van der Waals surface area contributed by atoms with Gasteiger partial charge in [0.15, 0.2) is 5.50 Å². The molecule has 1 N–H and O–H groups in total. The van der Waals surface area contributed by atoms with Crippen LogP contribution in [0.3, 0.4) is 0 Å². The van der Waals surface area contributed by atoms with Gasteiger partial charge in [-0.15, -0.1) is 0 Å². The summed E-state index contributed by atoms with van der Waals surface area (Å²) in [6.45, 7) is -2.87. The van der Waals surface area contributed by atoms with Crippen LogP contribution in [0.15, 0.2) is 91.0 Å². The van der Waals surface area contributed by atoms with E-state index in [9.17, 15) is 10.1 Å². The molecule has 1 unspecified atom stereocenters. The van der Waals surface area contributed by atoms with Gasteiger partial charge in [-0.3, -0.25) is 4.79 Å². The molecule has 3 aromatic rings. The second-order valence-electron chi connectivity index (χ2n) is 6.52. The first-order valence-corrected chi connectivity index (χ1v) is 12.5. The molecule has 0 radical (unpaired) electrons. The lowest BCUT2D eigenvalue weighted by Crippen LogP contribution is -2.45. The van der Waals surface area contributed by atoms with Crippen LogP contribution in [0, 0.1) is 11.3 Å². The van der Waals surface area contributed by atoms with E-state index in [1.165, 1.54) is 0 Å². The fraction of sp³-hybridized carbons (Fsp3) is 0.0870. The Kier molecular flexibility index (Phi) is 7.76. The molecule has 1 atom stereocenters. The lowest BCUT2D eigenvalue weighted by molar-refractivity contribution is -0.114. The third-order valence-corrected chi connectivity index (χ3v) is 10.3. The Bertz CT molecular complexity index is 1040. The molecular formula is C23H17Cl4N2OP. The van der Waals surface area contributed by atoms with Gasteiger partial charge in [-0.1, -0.05) is 137 Å². The predicted octanol–water partition coefficient (Wildman–Crippen LogP) is 4.73. The SMILES string of the molecule is N#CC(C(=O)NC(Cl)C(Cl)(Cl)Cl)=P(c1ccccc1)(c1ccccc1)c1ccccc1. The first-order valence-electron chi connectivity index (χ1n) is 9.17. The van der Waals surface area contributed by atoms with Crippen molar-refractivity contribution in [2.45, 2.75) is 9.29 Å². The number of hydrogen-bond donors (Lipinski definition) is 1. The Morgan fingerprint density at radius 2 is 1.16 bits per heavy atom. The number of amides is 1. The van der Waals surface area contributed by atoms with Gasteiger partial charge in [0.1, 0.15) is 11.4 Å². The third kappa shape index (κ3) is 4.96. The summed E-state index contributed by atoms with van der Waals surface area (Å²) in [5, 5.41) is 15.3. The van der Waals surface area contributed by atoms with Crippen molar-refractivity contribution >= 4 is 80.4 Å². The van der Waals surface area contributed by atoms with E-state index < -0.39 is 22.1 Å². The highest BCUT2D eigenvalue weighted by molar-refractivity contribution is 7.96. The second-order valence-corrected chi connectivity index (χ2v) is 12.7. The Morgan fingerprint density at radius 1 is 0.806 bits per heavy atom. The molecule has 158 valence electrons. The molecule has 0 aliphatic carbocycles. The van der Waals surface area contributed by atoms with Gasteiger partial charge in [0, 0.05) is 6.89 Å². The van der Waals surface area contributed by atoms with Crippen molar-refractivity contribution in [2.75, 3.05) is 0 Å². The highest BCUT2D eigenvalue weighted by atomic mass is 35.6. The highest BCUT2D eigenvalue weighted by Crippen LogP contribution is 2.46. The summed E-state index contributed by atoms with van der Waals surface area (Å²) in [7, 11) is 0. The van der Waals surface area contributed by atoms with Crippen molar-refractivity contribution in [3.8, 4) is 6.07 Å². The smallest absolute Gasteiger partial charge is 0.264 e. The van der Waals surface area contributed by atoms with Crippen LogP contribution in [0.5, 0.6) is 0 Å². The van der Waals surface area contributed by atoms with Gasteiger partial charge < -0.3 is 5.32 Å². The predicted molar refractivity (Wildman–Crippen MR) is 134 cm³/mol. The maximum atomic E-state index is 13.4. The van der Waals surface area contributed by atoms with Gasteiger partial charge in [0.25, 0.3) is 5.91 Å². The molecule has 8 heteroatoms. The summed E-state index contributed by atoms with van der Waals surface area (Å²) in [4.78, 5) is 13.4. The molecule has 0 aromatic heterocycles. The van der Waals surface area contributed by atoms with Gasteiger partial charge in [0.2, 0.25) is 3.79 Å². The van der Waals surface area contributed by atoms with Gasteiger partial charge in [-0.05, 0) is 15.9 Å². The molecule has 0 fully saturated rings. The van der Waals surface area contributed by atoms with E-state index in [0.717, 1.165) is 15.9 Å². The van der Waals surface area contributed by atoms with Crippen molar-refractivity contribution in [1.82, 2.24) is 5.32 Å². The van der Waals surface area contributed by atoms with Gasteiger partial charge in [0.05, 0.1) is 0 Å². The minimum absolute atomic E-state index is 0.0102.